The number of methoxy groups -OCH3 is 1. The van der Waals surface area contributed by atoms with Crippen LogP contribution >= 0.6 is 0 Å². The van der Waals surface area contributed by atoms with Gasteiger partial charge in [0.05, 0.1) is 7.11 Å². The minimum absolute atomic E-state index is 0.293. The molecule has 1 N–H and O–H groups in total. The minimum Gasteiger partial charge on any atom is -0.496 e. The largest absolute Gasteiger partial charge is 0.496 e. The number of benzene rings is 1. The highest BCUT2D eigenvalue weighted by atomic mass is 16.5. The predicted molar refractivity (Wildman–Crippen MR) is 64.3 cm³/mol. The van der Waals surface area contributed by atoms with Crippen molar-refractivity contribution in [3.05, 3.63) is 23.8 Å². The molecule has 1 unspecified atom stereocenters. The molecule has 1 aliphatic heterocycles. The highest BCUT2D eigenvalue weighted by Crippen LogP contribution is 2.25. The molecule has 0 aliphatic carbocycles. The molecule has 0 saturated carbocycles. The Morgan fingerprint density at radius 2 is 2.25 bits per heavy atom. The van der Waals surface area contributed by atoms with Crippen LogP contribution in [0, 0.1) is 6.92 Å². The van der Waals surface area contributed by atoms with E-state index in [0.717, 1.165) is 36.6 Å². The van der Waals surface area contributed by atoms with Gasteiger partial charge in [0.25, 0.3) is 0 Å². The van der Waals surface area contributed by atoms with Crippen LogP contribution in [0.3, 0.4) is 0 Å². The lowest BCUT2D eigenvalue weighted by Crippen LogP contribution is -2.37. The summed E-state index contributed by atoms with van der Waals surface area (Å²) < 4.78 is 11.2. The number of nitrogens with one attached hydrogen (secondary N) is 1. The number of aryl methyl sites for hydroxylation is 1. The standard InChI is InChI=1S/C13H19NO2/c1-10-5-6-11(8-13(10)15-2)16-12-4-3-7-14-9-12/h5-6,8,12,14H,3-4,7,9H2,1-2H3. The molecule has 1 aliphatic rings. The molecule has 0 bridgehead atoms. The van der Waals surface area contributed by atoms with Gasteiger partial charge in [0, 0.05) is 12.6 Å². The Morgan fingerprint density at radius 3 is 2.94 bits per heavy atom. The summed E-state index contributed by atoms with van der Waals surface area (Å²) in [5.41, 5.74) is 1.14. The van der Waals surface area contributed by atoms with Gasteiger partial charge in [0.1, 0.15) is 17.6 Å². The summed E-state index contributed by atoms with van der Waals surface area (Å²) in [5.74, 6) is 1.79. The Labute approximate surface area is 96.8 Å². The Balaban J connectivity index is 2.03. The topological polar surface area (TPSA) is 30.5 Å². The van der Waals surface area contributed by atoms with E-state index < -0.39 is 0 Å². The van der Waals surface area contributed by atoms with Crippen LogP contribution in [0.1, 0.15) is 18.4 Å². The van der Waals surface area contributed by atoms with Crippen molar-refractivity contribution in [1.82, 2.24) is 5.32 Å². The van der Waals surface area contributed by atoms with Crippen molar-refractivity contribution in [2.45, 2.75) is 25.9 Å². The number of piperidine rings is 1. The van der Waals surface area contributed by atoms with Gasteiger partial charge in [0.2, 0.25) is 0 Å². The second kappa shape index (κ2) is 5.21. The van der Waals surface area contributed by atoms with Crippen LogP contribution < -0.4 is 14.8 Å². The molecule has 2 rings (SSSR count). The maximum absolute atomic E-state index is 5.91. The van der Waals surface area contributed by atoms with Crippen molar-refractivity contribution >= 4 is 0 Å². The average Bonchev–Trinajstić information content (AvgIpc) is 2.33. The number of hydrogen-bond acceptors (Lipinski definition) is 3. The summed E-state index contributed by atoms with van der Waals surface area (Å²) in [6, 6.07) is 6.00. The average molecular weight is 221 g/mol. The van der Waals surface area contributed by atoms with Crippen molar-refractivity contribution < 1.29 is 9.47 Å². The Bertz CT molecular complexity index is 346. The SMILES string of the molecule is COc1cc(OC2CCCNC2)ccc1C. The third-order valence-electron chi connectivity index (χ3n) is 2.93. The Hall–Kier alpha value is -1.22. The van der Waals surface area contributed by atoms with Crippen LogP contribution in [-0.4, -0.2) is 26.3 Å². The molecule has 1 aromatic carbocycles. The summed E-state index contributed by atoms with van der Waals surface area (Å²) >= 11 is 0. The molecule has 0 aromatic heterocycles. The summed E-state index contributed by atoms with van der Waals surface area (Å²) in [6.45, 7) is 4.08. The molecule has 1 atom stereocenters. The van der Waals surface area contributed by atoms with Crippen molar-refractivity contribution in [3.8, 4) is 11.5 Å². The smallest absolute Gasteiger partial charge is 0.125 e. The molecule has 1 fully saturated rings. The summed E-state index contributed by atoms with van der Waals surface area (Å²) in [5, 5.41) is 3.34. The van der Waals surface area contributed by atoms with E-state index >= 15 is 0 Å². The highest BCUT2D eigenvalue weighted by molar-refractivity contribution is 5.39. The zero-order valence-electron chi connectivity index (χ0n) is 9.95. The first-order chi connectivity index (χ1) is 7.79. The molecule has 3 nitrogen and oxygen atoms in total. The summed E-state index contributed by atoms with van der Waals surface area (Å²) in [7, 11) is 1.69. The Kier molecular flexibility index (Phi) is 3.67. The van der Waals surface area contributed by atoms with E-state index in [9.17, 15) is 0 Å². The highest BCUT2D eigenvalue weighted by Gasteiger charge is 2.14. The quantitative estimate of drug-likeness (QED) is 0.848. The minimum atomic E-state index is 0.293. The summed E-state index contributed by atoms with van der Waals surface area (Å²) in [4.78, 5) is 0. The fourth-order valence-electron chi connectivity index (χ4n) is 1.99. The molecule has 16 heavy (non-hydrogen) atoms. The molecule has 1 heterocycles. The van der Waals surface area contributed by atoms with E-state index in [-0.39, 0.29) is 0 Å². The molecular formula is C13H19NO2. The number of ether oxygens (including phenoxy) is 2. The van der Waals surface area contributed by atoms with Crippen molar-refractivity contribution in [1.29, 1.82) is 0 Å². The van der Waals surface area contributed by atoms with Crippen molar-refractivity contribution in [2.24, 2.45) is 0 Å². The van der Waals surface area contributed by atoms with Gasteiger partial charge in [-0.15, -0.1) is 0 Å². The molecule has 88 valence electrons. The van der Waals surface area contributed by atoms with Crippen LogP contribution in [0.25, 0.3) is 0 Å². The number of rotatable bonds is 3. The van der Waals surface area contributed by atoms with Gasteiger partial charge in [-0.2, -0.15) is 0 Å². The first-order valence-corrected chi connectivity index (χ1v) is 5.81. The molecule has 0 amide bonds. The van der Waals surface area contributed by atoms with Gasteiger partial charge in [0.15, 0.2) is 0 Å². The maximum atomic E-state index is 5.91. The molecule has 1 saturated heterocycles. The van der Waals surface area contributed by atoms with Crippen LogP contribution in [0.15, 0.2) is 18.2 Å². The van der Waals surface area contributed by atoms with E-state index in [1.165, 1.54) is 6.42 Å². The van der Waals surface area contributed by atoms with Gasteiger partial charge in [-0.05, 0) is 37.9 Å². The Morgan fingerprint density at radius 1 is 1.38 bits per heavy atom. The van der Waals surface area contributed by atoms with Gasteiger partial charge in [-0.3, -0.25) is 0 Å². The van der Waals surface area contributed by atoms with Crippen molar-refractivity contribution in [2.75, 3.05) is 20.2 Å². The lowest BCUT2D eigenvalue weighted by atomic mass is 10.1. The van der Waals surface area contributed by atoms with Crippen LogP contribution in [0.4, 0.5) is 0 Å². The van der Waals surface area contributed by atoms with Crippen LogP contribution in [0.2, 0.25) is 0 Å². The fourth-order valence-corrected chi connectivity index (χ4v) is 1.99. The molecule has 3 heteroatoms. The van der Waals surface area contributed by atoms with E-state index in [1.807, 2.05) is 25.1 Å². The van der Waals surface area contributed by atoms with Gasteiger partial charge >= 0.3 is 0 Å². The molecule has 0 radical (unpaired) electrons. The lowest BCUT2D eigenvalue weighted by molar-refractivity contribution is 0.166. The van der Waals surface area contributed by atoms with Gasteiger partial charge < -0.3 is 14.8 Å². The van der Waals surface area contributed by atoms with E-state index in [2.05, 4.69) is 5.32 Å². The maximum Gasteiger partial charge on any atom is 0.125 e. The van der Waals surface area contributed by atoms with E-state index in [1.54, 1.807) is 7.11 Å². The third-order valence-corrected chi connectivity index (χ3v) is 2.93. The fraction of sp³-hybridized carbons (Fsp3) is 0.538. The predicted octanol–water partition coefficient (Wildman–Crippen LogP) is 2.13. The molecular weight excluding hydrogens is 202 g/mol. The second-order valence-corrected chi connectivity index (χ2v) is 4.22. The lowest BCUT2D eigenvalue weighted by Gasteiger charge is -2.24. The van der Waals surface area contributed by atoms with E-state index in [0.29, 0.717) is 6.10 Å². The van der Waals surface area contributed by atoms with E-state index in [4.69, 9.17) is 9.47 Å². The second-order valence-electron chi connectivity index (χ2n) is 4.22. The zero-order valence-corrected chi connectivity index (χ0v) is 9.95. The first-order valence-electron chi connectivity index (χ1n) is 5.81. The third kappa shape index (κ3) is 2.67. The normalized spacial score (nSPS) is 20.5. The summed E-state index contributed by atoms with van der Waals surface area (Å²) in [6.07, 6.45) is 2.61. The molecule has 1 aromatic rings. The van der Waals surface area contributed by atoms with Crippen molar-refractivity contribution in [3.63, 3.8) is 0 Å². The first kappa shape index (κ1) is 11.3. The number of hydrogen-bond donors (Lipinski definition) is 1. The van der Waals surface area contributed by atoms with Crippen LogP contribution in [0.5, 0.6) is 11.5 Å². The monoisotopic (exact) mass is 221 g/mol. The zero-order chi connectivity index (χ0) is 11.4. The van der Waals surface area contributed by atoms with Gasteiger partial charge in [-0.25, -0.2) is 0 Å². The molecule has 0 spiro atoms. The van der Waals surface area contributed by atoms with Crippen LogP contribution in [-0.2, 0) is 0 Å². The van der Waals surface area contributed by atoms with Gasteiger partial charge in [-0.1, -0.05) is 6.07 Å².